The molecule has 2 aliphatic rings. The average Bonchev–Trinajstić information content (AvgIpc) is 3.03. The predicted octanol–water partition coefficient (Wildman–Crippen LogP) is 4.64. The lowest BCUT2D eigenvalue weighted by Crippen LogP contribution is -1.63. The molecule has 0 spiro atoms. The van der Waals surface area contributed by atoms with Crippen molar-refractivity contribution in [3.63, 3.8) is 0 Å². The van der Waals surface area contributed by atoms with Gasteiger partial charge in [-0.3, -0.25) is 0 Å². The van der Waals surface area contributed by atoms with Crippen LogP contribution in [0.3, 0.4) is 0 Å². The van der Waals surface area contributed by atoms with Gasteiger partial charge in [0.15, 0.2) is 0 Å². The van der Waals surface area contributed by atoms with Crippen LogP contribution in [0.25, 0.3) is 23.3 Å². The molecule has 0 aromatic heterocycles. The van der Waals surface area contributed by atoms with Crippen LogP contribution in [0.4, 0.5) is 0 Å². The number of hydrogen-bond donors (Lipinski definition) is 0. The highest BCUT2D eigenvalue weighted by Crippen LogP contribution is 2.38. The molecule has 0 heterocycles. The maximum atomic E-state index is 3.68. The summed E-state index contributed by atoms with van der Waals surface area (Å²) in [6.07, 6.45) is 3.72. The summed E-state index contributed by atoms with van der Waals surface area (Å²) >= 11 is 0. The van der Waals surface area contributed by atoms with Gasteiger partial charge in [0, 0.05) is 0 Å². The fourth-order valence-corrected chi connectivity index (χ4v) is 1.54. The topological polar surface area (TPSA) is 0 Å². The molecule has 0 saturated heterocycles. The minimum Gasteiger partial charge on any atom is -0.0985 e. The van der Waals surface area contributed by atoms with Crippen molar-refractivity contribution >= 4 is 12.2 Å². The van der Waals surface area contributed by atoms with Gasteiger partial charge >= 0.3 is 0 Å². The lowest BCUT2D eigenvalue weighted by atomic mass is 10.2. The fraction of sp³-hybridized carbons (Fsp3) is 0. The van der Waals surface area contributed by atoms with Crippen LogP contribution in [-0.2, 0) is 0 Å². The van der Waals surface area contributed by atoms with E-state index in [0.717, 1.165) is 0 Å². The van der Waals surface area contributed by atoms with Crippen LogP contribution >= 0.6 is 0 Å². The highest BCUT2D eigenvalue weighted by Gasteiger charge is 2.13. The van der Waals surface area contributed by atoms with E-state index in [0.29, 0.717) is 0 Å². The summed E-state index contributed by atoms with van der Waals surface area (Å²) in [5.74, 6) is 0. The molecular formula is C16H14. The molecule has 1 aromatic rings. The highest BCUT2D eigenvalue weighted by atomic mass is 14.2. The van der Waals surface area contributed by atoms with E-state index >= 15 is 0 Å². The van der Waals surface area contributed by atoms with E-state index in [1.807, 2.05) is 42.5 Å². The van der Waals surface area contributed by atoms with Crippen LogP contribution < -0.4 is 0 Å². The second-order valence-corrected chi connectivity index (χ2v) is 3.62. The van der Waals surface area contributed by atoms with E-state index in [4.69, 9.17) is 0 Å². The quantitative estimate of drug-likeness (QED) is 0.573. The molecule has 0 unspecified atom stereocenters. The monoisotopic (exact) mass is 206 g/mol. The Hall–Kier alpha value is -2.08. The van der Waals surface area contributed by atoms with E-state index in [1.165, 1.54) is 22.3 Å². The largest absolute Gasteiger partial charge is 0.0985 e. The second kappa shape index (κ2) is 4.63. The third-order valence-electron chi connectivity index (χ3n) is 2.54. The van der Waals surface area contributed by atoms with E-state index < -0.39 is 0 Å². The molecular weight excluding hydrogens is 192 g/mol. The summed E-state index contributed by atoms with van der Waals surface area (Å²) in [5.41, 5.74) is 5.23. The highest BCUT2D eigenvalue weighted by molar-refractivity contribution is 5.89. The molecule has 0 aliphatic heterocycles. The zero-order valence-electron chi connectivity index (χ0n) is 9.19. The number of hydrogen-bond acceptors (Lipinski definition) is 0. The zero-order valence-corrected chi connectivity index (χ0v) is 9.19. The minimum absolute atomic E-state index is 1.17. The van der Waals surface area contributed by atoms with Gasteiger partial charge in [0.25, 0.3) is 0 Å². The summed E-state index contributed by atoms with van der Waals surface area (Å²) in [5, 5.41) is 0. The molecule has 0 N–H and O–H groups in total. The van der Waals surface area contributed by atoms with Crippen molar-refractivity contribution in [3.05, 3.63) is 72.8 Å². The Labute approximate surface area is 96.6 Å². The Bertz CT molecular complexity index is 507. The molecule has 0 amide bonds. The Kier molecular flexibility index (Phi) is 3.02. The lowest BCUT2D eigenvalue weighted by molar-refractivity contribution is 1.67. The number of fused-ring (bicyclic) bond motifs is 1. The standard InChI is InChI=1S/C8H6.C8H8/c1-2-6-3-4-7-5-8(6)7;1-2-8-6-4-3-5-7-8/h2-5H,1H2;2-7H,1H2. The zero-order chi connectivity index (χ0) is 11.4. The van der Waals surface area contributed by atoms with Gasteiger partial charge in [0.1, 0.15) is 0 Å². The van der Waals surface area contributed by atoms with Crippen molar-refractivity contribution in [1.82, 2.24) is 0 Å². The van der Waals surface area contributed by atoms with Gasteiger partial charge in [-0.05, 0) is 28.3 Å². The number of benzene rings is 2. The van der Waals surface area contributed by atoms with Gasteiger partial charge in [0.2, 0.25) is 0 Å². The van der Waals surface area contributed by atoms with Crippen molar-refractivity contribution in [3.8, 4) is 11.1 Å². The van der Waals surface area contributed by atoms with Crippen molar-refractivity contribution < 1.29 is 0 Å². The van der Waals surface area contributed by atoms with E-state index in [1.54, 1.807) is 0 Å². The van der Waals surface area contributed by atoms with Crippen molar-refractivity contribution in [1.29, 1.82) is 0 Å². The van der Waals surface area contributed by atoms with Gasteiger partial charge in [-0.2, -0.15) is 0 Å². The van der Waals surface area contributed by atoms with Crippen molar-refractivity contribution in [2.75, 3.05) is 0 Å². The predicted molar refractivity (Wildman–Crippen MR) is 72.1 cm³/mol. The molecule has 0 radical (unpaired) electrons. The van der Waals surface area contributed by atoms with E-state index in [-0.39, 0.29) is 0 Å². The Morgan fingerprint density at radius 2 is 1.56 bits per heavy atom. The molecule has 0 nitrogen and oxygen atoms in total. The van der Waals surface area contributed by atoms with E-state index in [9.17, 15) is 0 Å². The molecule has 0 heteroatoms. The molecule has 0 atom stereocenters. The summed E-state index contributed by atoms with van der Waals surface area (Å²) < 4.78 is 0. The maximum Gasteiger partial charge on any atom is -0.0105 e. The van der Waals surface area contributed by atoms with Gasteiger partial charge in [-0.15, -0.1) is 0 Å². The molecule has 3 rings (SSSR count). The minimum atomic E-state index is 1.17. The van der Waals surface area contributed by atoms with Crippen LogP contribution in [-0.4, -0.2) is 0 Å². The van der Waals surface area contributed by atoms with Gasteiger partial charge in [-0.25, -0.2) is 0 Å². The SMILES string of the molecule is C=Cc1ccc2cc1-2.C=Cc1ccccc1. The van der Waals surface area contributed by atoms with Crippen molar-refractivity contribution in [2.45, 2.75) is 0 Å². The Balaban J connectivity index is 0.000000120. The van der Waals surface area contributed by atoms with Gasteiger partial charge < -0.3 is 0 Å². The molecule has 1 aromatic carbocycles. The van der Waals surface area contributed by atoms with Crippen LogP contribution in [0.5, 0.6) is 0 Å². The molecule has 16 heavy (non-hydrogen) atoms. The second-order valence-electron chi connectivity index (χ2n) is 3.62. The molecule has 0 fully saturated rings. The summed E-state index contributed by atoms with van der Waals surface area (Å²) in [7, 11) is 0. The first-order valence-corrected chi connectivity index (χ1v) is 5.29. The third-order valence-corrected chi connectivity index (χ3v) is 2.54. The molecule has 0 bridgehead atoms. The van der Waals surface area contributed by atoms with Gasteiger partial charge in [0.05, 0.1) is 0 Å². The summed E-state index contributed by atoms with van der Waals surface area (Å²) in [4.78, 5) is 0. The lowest BCUT2D eigenvalue weighted by Gasteiger charge is -1.85. The molecule has 2 aliphatic carbocycles. The smallest absolute Gasteiger partial charge is 0.0105 e. The number of rotatable bonds is 2. The molecule has 0 saturated carbocycles. The van der Waals surface area contributed by atoms with Gasteiger partial charge in [-0.1, -0.05) is 67.8 Å². The molecule has 78 valence electrons. The summed E-state index contributed by atoms with van der Waals surface area (Å²) in [6.45, 7) is 7.31. The van der Waals surface area contributed by atoms with Crippen LogP contribution in [0.2, 0.25) is 0 Å². The third kappa shape index (κ3) is 2.29. The van der Waals surface area contributed by atoms with E-state index in [2.05, 4.69) is 31.4 Å². The Morgan fingerprint density at radius 1 is 0.812 bits per heavy atom. The first-order valence-electron chi connectivity index (χ1n) is 5.29. The van der Waals surface area contributed by atoms with Crippen LogP contribution in [0.1, 0.15) is 11.1 Å². The summed E-state index contributed by atoms with van der Waals surface area (Å²) in [6, 6.07) is 16.4. The van der Waals surface area contributed by atoms with Crippen LogP contribution in [0, 0.1) is 0 Å². The van der Waals surface area contributed by atoms with Crippen LogP contribution in [0.15, 0.2) is 61.7 Å². The fourth-order valence-electron chi connectivity index (χ4n) is 1.54. The normalized spacial score (nSPS) is 9.75. The average molecular weight is 206 g/mol. The first-order chi connectivity index (χ1) is 7.85. The van der Waals surface area contributed by atoms with Crippen molar-refractivity contribution in [2.24, 2.45) is 0 Å². The first kappa shape index (κ1) is 10.4. The Morgan fingerprint density at radius 3 is 1.88 bits per heavy atom. The maximum absolute atomic E-state index is 3.68.